The van der Waals surface area contributed by atoms with E-state index in [1.807, 2.05) is 30.3 Å². The highest BCUT2D eigenvalue weighted by molar-refractivity contribution is 9.10. The predicted octanol–water partition coefficient (Wildman–Crippen LogP) is 5.64. The Morgan fingerprint density at radius 2 is 1.84 bits per heavy atom. The van der Waals surface area contributed by atoms with Gasteiger partial charge in [-0.1, -0.05) is 52.3 Å². The molecule has 0 radical (unpaired) electrons. The molecule has 168 valence electrons. The summed E-state index contributed by atoms with van der Waals surface area (Å²) in [5, 5.41) is 2.65. The van der Waals surface area contributed by atoms with Crippen LogP contribution >= 0.6 is 15.9 Å². The topological polar surface area (TPSA) is 67.9 Å². The van der Waals surface area contributed by atoms with Gasteiger partial charge in [0.25, 0.3) is 0 Å². The van der Waals surface area contributed by atoms with Gasteiger partial charge in [0.1, 0.15) is 18.0 Å². The highest BCUT2D eigenvalue weighted by Crippen LogP contribution is 2.18. The van der Waals surface area contributed by atoms with Crippen LogP contribution in [0.1, 0.15) is 38.3 Å². The molecule has 6 nitrogen and oxygen atoms in total. The summed E-state index contributed by atoms with van der Waals surface area (Å²) in [7, 11) is 0. The van der Waals surface area contributed by atoms with Crippen molar-refractivity contribution < 1.29 is 23.5 Å². The Kier molecular flexibility index (Phi) is 9.30. The van der Waals surface area contributed by atoms with Gasteiger partial charge in [0, 0.05) is 23.1 Å². The van der Waals surface area contributed by atoms with Gasteiger partial charge >= 0.3 is 12.2 Å². The van der Waals surface area contributed by atoms with E-state index in [0.717, 1.165) is 5.56 Å². The highest BCUT2D eigenvalue weighted by Gasteiger charge is 2.19. The van der Waals surface area contributed by atoms with Gasteiger partial charge in [-0.2, -0.15) is 0 Å². The summed E-state index contributed by atoms with van der Waals surface area (Å²) in [6, 6.07) is 14.0. The second-order valence-electron chi connectivity index (χ2n) is 7.98. The minimum atomic E-state index is -0.587. The van der Waals surface area contributed by atoms with Gasteiger partial charge in [0.15, 0.2) is 0 Å². The quantitative estimate of drug-likeness (QED) is 0.482. The Morgan fingerprint density at radius 1 is 1.13 bits per heavy atom. The third kappa shape index (κ3) is 9.38. The average Bonchev–Trinajstić information content (AvgIpc) is 2.69. The predicted molar refractivity (Wildman–Crippen MR) is 120 cm³/mol. The van der Waals surface area contributed by atoms with Crippen molar-refractivity contribution >= 4 is 28.1 Å². The highest BCUT2D eigenvalue weighted by atomic mass is 79.9. The number of alkyl carbamates (subject to hydrolysis) is 1. The lowest BCUT2D eigenvalue weighted by Crippen LogP contribution is -2.36. The molecular formula is C23H28BrFN2O4. The largest absolute Gasteiger partial charge is 0.445 e. The van der Waals surface area contributed by atoms with E-state index in [2.05, 4.69) is 21.2 Å². The van der Waals surface area contributed by atoms with Crippen molar-refractivity contribution in [3.8, 4) is 0 Å². The molecule has 2 aromatic rings. The molecule has 2 amide bonds. The van der Waals surface area contributed by atoms with Gasteiger partial charge in [-0.25, -0.2) is 14.0 Å². The first kappa shape index (κ1) is 24.7. The monoisotopic (exact) mass is 494 g/mol. The van der Waals surface area contributed by atoms with Crippen molar-refractivity contribution in [2.75, 3.05) is 13.1 Å². The number of nitrogens with zero attached hydrogens (tertiary/aromatic N) is 1. The molecule has 0 aliphatic rings. The molecule has 0 aromatic heterocycles. The lowest BCUT2D eigenvalue weighted by atomic mass is 10.2. The van der Waals surface area contributed by atoms with Gasteiger partial charge < -0.3 is 19.7 Å². The molecule has 0 saturated carbocycles. The first-order valence-electron chi connectivity index (χ1n) is 10.0. The van der Waals surface area contributed by atoms with Crippen molar-refractivity contribution in [2.24, 2.45) is 0 Å². The van der Waals surface area contributed by atoms with Crippen LogP contribution in [0.25, 0.3) is 0 Å². The van der Waals surface area contributed by atoms with Crippen molar-refractivity contribution in [2.45, 2.75) is 45.9 Å². The fourth-order valence-corrected chi connectivity index (χ4v) is 3.01. The van der Waals surface area contributed by atoms with Crippen molar-refractivity contribution in [1.82, 2.24) is 10.2 Å². The zero-order chi connectivity index (χ0) is 22.9. The van der Waals surface area contributed by atoms with Crippen LogP contribution in [-0.2, 0) is 22.6 Å². The molecule has 31 heavy (non-hydrogen) atoms. The van der Waals surface area contributed by atoms with E-state index < -0.39 is 23.6 Å². The minimum absolute atomic E-state index is 0.0547. The summed E-state index contributed by atoms with van der Waals surface area (Å²) >= 11 is 3.23. The Labute approximate surface area is 190 Å². The number of carbonyl (C=O) groups excluding carboxylic acids is 2. The van der Waals surface area contributed by atoms with Crippen molar-refractivity contribution in [3.05, 3.63) is 69.9 Å². The average molecular weight is 495 g/mol. The van der Waals surface area contributed by atoms with Gasteiger partial charge in [0.2, 0.25) is 0 Å². The van der Waals surface area contributed by atoms with E-state index in [4.69, 9.17) is 9.47 Å². The molecule has 2 rings (SSSR count). The second-order valence-corrected chi connectivity index (χ2v) is 8.90. The Balaban J connectivity index is 1.96. The van der Waals surface area contributed by atoms with Gasteiger partial charge in [-0.3, -0.25) is 0 Å². The number of hydrogen-bond acceptors (Lipinski definition) is 4. The van der Waals surface area contributed by atoms with Gasteiger partial charge in [-0.15, -0.1) is 0 Å². The molecule has 0 aliphatic heterocycles. The number of hydrogen-bond donors (Lipinski definition) is 1. The number of nitrogens with one attached hydrogen (secondary N) is 1. The molecule has 8 heteroatoms. The third-order valence-electron chi connectivity index (χ3n) is 4.11. The normalized spacial score (nSPS) is 11.0. The molecule has 0 atom stereocenters. The fourth-order valence-electron chi connectivity index (χ4n) is 2.68. The SMILES string of the molecule is CC(C)(C)OC(=O)NCCCN(Cc1ccc(Br)cc1F)C(=O)OCc1ccccc1. The van der Waals surface area contributed by atoms with Crippen LogP contribution in [0.2, 0.25) is 0 Å². The maximum Gasteiger partial charge on any atom is 0.410 e. The number of ether oxygens (including phenoxy) is 2. The maximum atomic E-state index is 14.3. The smallest absolute Gasteiger partial charge is 0.410 e. The third-order valence-corrected chi connectivity index (χ3v) is 4.61. The second kappa shape index (κ2) is 11.7. The van der Waals surface area contributed by atoms with E-state index in [1.165, 1.54) is 11.0 Å². The zero-order valence-electron chi connectivity index (χ0n) is 18.0. The van der Waals surface area contributed by atoms with Crippen LogP contribution < -0.4 is 5.32 Å². The van der Waals surface area contributed by atoms with Crippen molar-refractivity contribution in [1.29, 1.82) is 0 Å². The lowest BCUT2D eigenvalue weighted by molar-refractivity contribution is 0.0525. The number of carbonyl (C=O) groups is 2. The van der Waals surface area contributed by atoms with Crippen LogP contribution in [-0.4, -0.2) is 35.8 Å². The van der Waals surface area contributed by atoms with E-state index in [-0.39, 0.29) is 19.7 Å². The Morgan fingerprint density at radius 3 is 2.48 bits per heavy atom. The lowest BCUT2D eigenvalue weighted by Gasteiger charge is -2.23. The first-order valence-corrected chi connectivity index (χ1v) is 10.8. The van der Waals surface area contributed by atoms with Crippen LogP contribution in [0, 0.1) is 5.82 Å². The summed E-state index contributed by atoms with van der Waals surface area (Å²) in [4.78, 5) is 25.9. The van der Waals surface area contributed by atoms with E-state index in [0.29, 0.717) is 23.0 Å². The van der Waals surface area contributed by atoms with Crippen LogP contribution in [0.15, 0.2) is 53.0 Å². The first-order chi connectivity index (χ1) is 14.6. The standard InChI is InChI=1S/C23H28BrFN2O4/c1-23(2,3)31-21(28)26-12-7-13-27(15-18-10-11-19(24)14-20(18)25)22(29)30-16-17-8-5-4-6-9-17/h4-6,8-11,14H,7,12-13,15-16H2,1-3H3,(H,26,28). The van der Waals surface area contributed by atoms with Crippen LogP contribution in [0.4, 0.5) is 14.0 Å². The summed E-state index contributed by atoms with van der Waals surface area (Å²) in [5.74, 6) is -0.415. The zero-order valence-corrected chi connectivity index (χ0v) is 19.6. The maximum absolute atomic E-state index is 14.3. The minimum Gasteiger partial charge on any atom is -0.445 e. The molecular weight excluding hydrogens is 467 g/mol. The summed E-state index contributed by atoms with van der Waals surface area (Å²) in [6.07, 6.45) is -0.620. The molecule has 0 bridgehead atoms. The number of rotatable bonds is 8. The molecule has 0 spiro atoms. The molecule has 1 N–H and O–H groups in total. The molecule has 0 saturated heterocycles. The van der Waals surface area contributed by atoms with Crippen LogP contribution in [0.3, 0.4) is 0 Å². The van der Waals surface area contributed by atoms with Crippen molar-refractivity contribution in [3.63, 3.8) is 0 Å². The molecule has 2 aromatic carbocycles. The molecule has 0 aliphatic carbocycles. The fraction of sp³-hybridized carbons (Fsp3) is 0.391. The summed E-state index contributed by atoms with van der Waals surface area (Å²) in [5.41, 5.74) is 0.647. The van der Waals surface area contributed by atoms with Gasteiger partial charge in [-0.05, 0) is 44.9 Å². The number of halogens is 2. The van der Waals surface area contributed by atoms with E-state index in [1.54, 1.807) is 32.9 Å². The Hall–Kier alpha value is -2.61. The van der Waals surface area contributed by atoms with Gasteiger partial charge in [0.05, 0.1) is 6.54 Å². The summed E-state index contributed by atoms with van der Waals surface area (Å²) in [6.45, 7) is 6.10. The van der Waals surface area contributed by atoms with Crippen LogP contribution in [0.5, 0.6) is 0 Å². The number of benzene rings is 2. The number of amides is 2. The molecule has 0 heterocycles. The Bertz CT molecular complexity index is 872. The molecule has 0 fully saturated rings. The van der Waals surface area contributed by atoms with E-state index in [9.17, 15) is 14.0 Å². The molecule has 0 unspecified atom stereocenters. The van der Waals surface area contributed by atoms with E-state index >= 15 is 0 Å². The summed E-state index contributed by atoms with van der Waals surface area (Å²) < 4.78 is 25.5.